The Hall–Kier alpha value is -3.65. The number of aryl methyl sites for hydroxylation is 1. The van der Waals surface area contributed by atoms with Gasteiger partial charge >= 0.3 is 0 Å². The zero-order valence-electron chi connectivity index (χ0n) is 17.2. The number of hydrogen-bond donors (Lipinski definition) is 1. The summed E-state index contributed by atoms with van der Waals surface area (Å²) in [7, 11) is -3.62. The van der Waals surface area contributed by atoms with Crippen LogP contribution in [-0.4, -0.2) is 36.7 Å². The molecule has 0 aliphatic rings. The third kappa shape index (κ3) is 4.44. The molecule has 0 unspecified atom stereocenters. The van der Waals surface area contributed by atoms with Crippen molar-refractivity contribution >= 4 is 38.3 Å². The van der Waals surface area contributed by atoms with Crippen LogP contribution in [0.1, 0.15) is 5.56 Å². The Kier molecular flexibility index (Phi) is 5.48. The average Bonchev–Trinajstić information content (AvgIpc) is 3.17. The number of para-hydroxylation sites is 3. The Balaban J connectivity index is 1.51. The summed E-state index contributed by atoms with van der Waals surface area (Å²) in [6.07, 6.45) is 2.85. The van der Waals surface area contributed by atoms with Crippen LogP contribution < -0.4 is 9.62 Å². The first-order valence-corrected chi connectivity index (χ1v) is 11.5. The van der Waals surface area contributed by atoms with Gasteiger partial charge in [-0.15, -0.1) is 0 Å². The van der Waals surface area contributed by atoms with E-state index in [2.05, 4.69) is 10.3 Å². The lowest BCUT2D eigenvalue weighted by atomic mass is 10.2. The number of anilines is 2. The zero-order valence-corrected chi connectivity index (χ0v) is 18.0. The minimum absolute atomic E-state index is 0.308. The molecule has 1 amide bonds. The number of carbonyl (C=O) groups is 1. The Morgan fingerprint density at radius 3 is 2.39 bits per heavy atom. The molecule has 0 spiro atoms. The summed E-state index contributed by atoms with van der Waals surface area (Å²) in [5, 5.41) is 2.77. The maximum absolute atomic E-state index is 12.6. The summed E-state index contributed by atoms with van der Waals surface area (Å²) in [6, 6.07) is 22.2. The Morgan fingerprint density at radius 2 is 1.68 bits per heavy atom. The molecule has 4 rings (SSSR count). The van der Waals surface area contributed by atoms with Crippen LogP contribution in [0.5, 0.6) is 0 Å². The van der Waals surface area contributed by atoms with Gasteiger partial charge < -0.3 is 5.32 Å². The lowest BCUT2D eigenvalue weighted by molar-refractivity contribution is -0.114. The number of fused-ring (bicyclic) bond motifs is 1. The van der Waals surface area contributed by atoms with Crippen molar-refractivity contribution in [3.05, 3.63) is 84.7 Å². The third-order valence-electron chi connectivity index (χ3n) is 4.95. The van der Waals surface area contributed by atoms with Crippen molar-refractivity contribution in [3.8, 4) is 5.69 Å². The number of amides is 1. The standard InChI is InChI=1S/C23H22N4O3S/c1-17-7-3-5-9-21(17)27(31(2,29)30)15-23(28)25-18-11-13-19(14-12-18)26-16-24-20-8-4-6-10-22(20)26/h3-14,16H,15H2,1-2H3,(H,25,28). The number of carbonyl (C=O) groups excluding carboxylic acids is 1. The molecule has 0 aliphatic carbocycles. The minimum atomic E-state index is -3.62. The van der Waals surface area contributed by atoms with Crippen molar-refractivity contribution < 1.29 is 13.2 Å². The first kappa shape index (κ1) is 20.6. The van der Waals surface area contributed by atoms with Crippen LogP contribution in [0.4, 0.5) is 11.4 Å². The summed E-state index contributed by atoms with van der Waals surface area (Å²) in [4.78, 5) is 17.0. The van der Waals surface area contributed by atoms with Gasteiger partial charge in [0.25, 0.3) is 0 Å². The average molecular weight is 435 g/mol. The van der Waals surface area contributed by atoms with Crippen LogP contribution in [0.3, 0.4) is 0 Å². The van der Waals surface area contributed by atoms with Gasteiger partial charge in [0, 0.05) is 11.4 Å². The van der Waals surface area contributed by atoms with E-state index in [1.54, 1.807) is 30.6 Å². The van der Waals surface area contributed by atoms with Crippen molar-refractivity contribution in [3.63, 3.8) is 0 Å². The van der Waals surface area contributed by atoms with E-state index >= 15 is 0 Å². The largest absolute Gasteiger partial charge is 0.325 e. The fraction of sp³-hybridized carbons (Fsp3) is 0.130. The molecular weight excluding hydrogens is 412 g/mol. The van der Waals surface area contributed by atoms with E-state index in [1.807, 2.05) is 60.0 Å². The number of benzene rings is 3. The SMILES string of the molecule is Cc1ccccc1N(CC(=O)Nc1ccc(-n2cnc3ccccc32)cc1)S(C)(=O)=O. The van der Waals surface area contributed by atoms with Gasteiger partial charge in [0.1, 0.15) is 12.9 Å². The summed E-state index contributed by atoms with van der Waals surface area (Å²) >= 11 is 0. The van der Waals surface area contributed by atoms with Gasteiger partial charge in [0.2, 0.25) is 15.9 Å². The normalized spacial score (nSPS) is 11.4. The molecule has 1 aromatic heterocycles. The van der Waals surface area contributed by atoms with Crippen molar-refractivity contribution in [2.45, 2.75) is 6.92 Å². The molecular formula is C23H22N4O3S. The van der Waals surface area contributed by atoms with Gasteiger partial charge in [0.15, 0.2) is 0 Å². The van der Waals surface area contributed by atoms with Crippen molar-refractivity contribution in [2.75, 3.05) is 22.4 Å². The van der Waals surface area contributed by atoms with Gasteiger partial charge in [-0.05, 0) is 55.0 Å². The predicted octanol–water partition coefficient (Wildman–Crippen LogP) is 3.74. The van der Waals surface area contributed by atoms with Gasteiger partial charge in [-0.3, -0.25) is 13.7 Å². The third-order valence-corrected chi connectivity index (χ3v) is 6.08. The maximum Gasteiger partial charge on any atom is 0.245 e. The molecule has 0 bridgehead atoms. The molecule has 1 heterocycles. The fourth-order valence-electron chi connectivity index (χ4n) is 3.43. The maximum atomic E-state index is 12.6. The highest BCUT2D eigenvalue weighted by atomic mass is 32.2. The summed E-state index contributed by atoms with van der Waals surface area (Å²) in [6.45, 7) is 1.50. The lowest BCUT2D eigenvalue weighted by Crippen LogP contribution is -2.37. The predicted molar refractivity (Wildman–Crippen MR) is 123 cm³/mol. The second kappa shape index (κ2) is 8.23. The number of nitrogens with one attached hydrogen (secondary N) is 1. The van der Waals surface area contributed by atoms with Crippen molar-refractivity contribution in [1.82, 2.24) is 9.55 Å². The molecule has 1 N–H and O–H groups in total. The summed E-state index contributed by atoms with van der Waals surface area (Å²) < 4.78 is 27.7. The van der Waals surface area contributed by atoms with E-state index in [0.717, 1.165) is 32.8 Å². The molecule has 158 valence electrons. The zero-order chi connectivity index (χ0) is 22.0. The van der Waals surface area contributed by atoms with Crippen LogP contribution in [0.2, 0.25) is 0 Å². The molecule has 0 radical (unpaired) electrons. The highest BCUT2D eigenvalue weighted by molar-refractivity contribution is 7.92. The molecule has 31 heavy (non-hydrogen) atoms. The van der Waals surface area contributed by atoms with E-state index in [4.69, 9.17) is 0 Å². The molecule has 0 atom stereocenters. The number of imidazole rings is 1. The van der Waals surface area contributed by atoms with E-state index in [9.17, 15) is 13.2 Å². The molecule has 8 heteroatoms. The molecule has 0 fully saturated rings. The minimum Gasteiger partial charge on any atom is -0.325 e. The molecule has 0 saturated carbocycles. The van der Waals surface area contributed by atoms with Gasteiger partial charge in [-0.25, -0.2) is 13.4 Å². The van der Waals surface area contributed by atoms with Crippen LogP contribution in [0.15, 0.2) is 79.1 Å². The Labute approximate surface area is 181 Å². The topological polar surface area (TPSA) is 84.3 Å². The molecule has 3 aromatic carbocycles. The second-order valence-corrected chi connectivity index (χ2v) is 9.16. The Morgan fingerprint density at radius 1 is 1.00 bits per heavy atom. The fourth-order valence-corrected chi connectivity index (χ4v) is 4.34. The van der Waals surface area contributed by atoms with E-state index in [-0.39, 0.29) is 6.54 Å². The molecule has 0 aliphatic heterocycles. The van der Waals surface area contributed by atoms with Crippen LogP contribution in [0.25, 0.3) is 16.7 Å². The first-order chi connectivity index (χ1) is 14.8. The number of hydrogen-bond acceptors (Lipinski definition) is 4. The van der Waals surface area contributed by atoms with Gasteiger partial charge in [-0.2, -0.15) is 0 Å². The summed E-state index contributed by atoms with van der Waals surface area (Å²) in [5.41, 5.74) is 4.64. The first-order valence-electron chi connectivity index (χ1n) is 9.68. The number of rotatable bonds is 6. The van der Waals surface area contributed by atoms with Gasteiger partial charge in [-0.1, -0.05) is 30.3 Å². The molecule has 0 saturated heterocycles. The van der Waals surface area contributed by atoms with E-state index < -0.39 is 15.9 Å². The second-order valence-electron chi connectivity index (χ2n) is 7.25. The van der Waals surface area contributed by atoms with Crippen molar-refractivity contribution in [2.24, 2.45) is 0 Å². The van der Waals surface area contributed by atoms with Gasteiger partial charge in [0.05, 0.1) is 23.0 Å². The van der Waals surface area contributed by atoms with Crippen LogP contribution >= 0.6 is 0 Å². The summed E-state index contributed by atoms with van der Waals surface area (Å²) in [5.74, 6) is -0.422. The molecule has 4 aromatic rings. The number of aromatic nitrogens is 2. The molecule has 7 nitrogen and oxygen atoms in total. The number of sulfonamides is 1. The smallest absolute Gasteiger partial charge is 0.245 e. The van der Waals surface area contributed by atoms with E-state index in [0.29, 0.717) is 11.4 Å². The van der Waals surface area contributed by atoms with Crippen molar-refractivity contribution in [1.29, 1.82) is 0 Å². The van der Waals surface area contributed by atoms with E-state index in [1.165, 1.54) is 0 Å². The van der Waals surface area contributed by atoms with Crippen LogP contribution in [-0.2, 0) is 14.8 Å². The number of nitrogens with zero attached hydrogens (tertiary/aromatic N) is 3. The lowest BCUT2D eigenvalue weighted by Gasteiger charge is -2.23. The highest BCUT2D eigenvalue weighted by Gasteiger charge is 2.22. The quantitative estimate of drug-likeness (QED) is 0.501. The highest BCUT2D eigenvalue weighted by Crippen LogP contribution is 2.23. The Bertz CT molecular complexity index is 1340. The monoisotopic (exact) mass is 434 g/mol. The van der Waals surface area contributed by atoms with Crippen LogP contribution in [0, 0.1) is 6.92 Å².